The van der Waals surface area contributed by atoms with E-state index in [1.165, 1.54) is 11.1 Å². The van der Waals surface area contributed by atoms with Crippen molar-refractivity contribution in [2.45, 2.75) is 25.8 Å². The second kappa shape index (κ2) is 6.51. The van der Waals surface area contributed by atoms with Crippen molar-refractivity contribution in [1.82, 2.24) is 4.98 Å². The summed E-state index contributed by atoms with van der Waals surface area (Å²) in [5, 5.41) is 5.56. The molecule has 3 aromatic rings. The summed E-state index contributed by atoms with van der Waals surface area (Å²) in [5.74, 6) is 0.249. The zero-order valence-electron chi connectivity index (χ0n) is 15.0. The highest BCUT2D eigenvalue weighted by atomic mass is 16.1. The van der Waals surface area contributed by atoms with E-state index in [2.05, 4.69) is 52.8 Å². The van der Waals surface area contributed by atoms with E-state index in [4.69, 9.17) is 0 Å². The molecule has 0 bridgehead atoms. The van der Waals surface area contributed by atoms with Crippen LogP contribution in [-0.4, -0.2) is 10.8 Å². The average Bonchev–Trinajstić information content (AvgIpc) is 2.72. The molecule has 2 aliphatic carbocycles. The molecule has 1 heterocycles. The lowest BCUT2D eigenvalue weighted by Crippen LogP contribution is -2.13. The molecule has 0 fully saturated rings. The molecule has 3 heteroatoms. The van der Waals surface area contributed by atoms with Crippen molar-refractivity contribution in [2.75, 3.05) is 5.32 Å². The van der Waals surface area contributed by atoms with Crippen molar-refractivity contribution >= 4 is 27.8 Å². The molecule has 2 aromatic carbocycles. The Kier molecular flexibility index (Phi) is 3.86. The molecular formula is C24H20N2O. The van der Waals surface area contributed by atoms with Gasteiger partial charge in [-0.3, -0.25) is 9.78 Å². The van der Waals surface area contributed by atoms with Gasteiger partial charge in [0, 0.05) is 23.9 Å². The van der Waals surface area contributed by atoms with Gasteiger partial charge in [-0.15, -0.1) is 0 Å². The molecule has 2 aliphatic rings. The number of Topliss-reactive ketones (excluding diaryl/α,β-unsaturated/α-hetero) is 1. The quantitative estimate of drug-likeness (QED) is 0.673. The third-order valence-corrected chi connectivity index (χ3v) is 5.44. The van der Waals surface area contributed by atoms with Crippen LogP contribution in [0.1, 0.15) is 40.9 Å². The molecule has 0 amide bonds. The average molecular weight is 352 g/mol. The van der Waals surface area contributed by atoms with Crippen LogP contribution < -0.4 is 5.32 Å². The second-order valence-corrected chi connectivity index (χ2v) is 7.16. The second-order valence-electron chi connectivity index (χ2n) is 7.16. The zero-order chi connectivity index (χ0) is 18.2. The predicted octanol–water partition coefficient (Wildman–Crippen LogP) is 5.54. The van der Waals surface area contributed by atoms with Gasteiger partial charge >= 0.3 is 0 Å². The Morgan fingerprint density at radius 2 is 2.04 bits per heavy atom. The molecule has 132 valence electrons. The predicted molar refractivity (Wildman–Crippen MR) is 110 cm³/mol. The van der Waals surface area contributed by atoms with Gasteiger partial charge in [0.1, 0.15) is 0 Å². The Bertz CT molecular complexity index is 1110. The van der Waals surface area contributed by atoms with Crippen molar-refractivity contribution in [3.8, 4) is 0 Å². The van der Waals surface area contributed by atoms with E-state index in [1.54, 1.807) is 6.20 Å². The van der Waals surface area contributed by atoms with Crippen LogP contribution in [0, 0.1) is 0 Å². The maximum atomic E-state index is 12.9. The number of benzene rings is 2. The van der Waals surface area contributed by atoms with E-state index in [1.807, 2.05) is 18.2 Å². The Hall–Kier alpha value is -3.20. The van der Waals surface area contributed by atoms with E-state index in [-0.39, 0.29) is 5.78 Å². The molecule has 27 heavy (non-hydrogen) atoms. The Morgan fingerprint density at radius 1 is 1.07 bits per heavy atom. The largest absolute Gasteiger partial charge is 0.379 e. The van der Waals surface area contributed by atoms with Gasteiger partial charge in [-0.25, -0.2) is 0 Å². The molecule has 0 radical (unpaired) electrons. The Balaban J connectivity index is 1.52. The minimum Gasteiger partial charge on any atom is -0.379 e. The number of allylic oxidation sites excluding steroid dienone is 4. The fraction of sp³-hybridized carbons (Fsp3) is 0.167. The van der Waals surface area contributed by atoms with Gasteiger partial charge in [0.05, 0.1) is 12.2 Å². The summed E-state index contributed by atoms with van der Waals surface area (Å²) in [6.45, 7) is 0.678. The third kappa shape index (κ3) is 2.85. The van der Waals surface area contributed by atoms with Crippen molar-refractivity contribution in [3.05, 3.63) is 89.3 Å². The Morgan fingerprint density at radius 3 is 2.93 bits per heavy atom. The lowest BCUT2D eigenvalue weighted by atomic mass is 9.79. The van der Waals surface area contributed by atoms with E-state index in [0.717, 1.165) is 46.1 Å². The highest BCUT2D eigenvalue weighted by Gasteiger charge is 2.26. The third-order valence-electron chi connectivity index (χ3n) is 5.44. The van der Waals surface area contributed by atoms with E-state index < -0.39 is 0 Å². The molecule has 0 aliphatic heterocycles. The van der Waals surface area contributed by atoms with Crippen LogP contribution >= 0.6 is 0 Å². The zero-order valence-corrected chi connectivity index (χ0v) is 15.0. The van der Waals surface area contributed by atoms with Crippen LogP contribution in [0.25, 0.3) is 16.3 Å². The highest BCUT2D eigenvalue weighted by molar-refractivity contribution is 6.16. The summed E-state index contributed by atoms with van der Waals surface area (Å²) in [6, 6.07) is 16.4. The van der Waals surface area contributed by atoms with Gasteiger partial charge in [0.15, 0.2) is 5.78 Å². The number of hydrogen-bond acceptors (Lipinski definition) is 3. The monoisotopic (exact) mass is 352 g/mol. The minimum absolute atomic E-state index is 0.249. The maximum absolute atomic E-state index is 12.9. The molecule has 1 N–H and O–H groups in total. The highest BCUT2D eigenvalue weighted by Crippen LogP contribution is 2.40. The molecular weight excluding hydrogens is 332 g/mol. The number of hydrogen-bond donors (Lipinski definition) is 1. The first-order chi connectivity index (χ1) is 13.3. The van der Waals surface area contributed by atoms with E-state index in [9.17, 15) is 4.79 Å². The number of rotatable bonds is 3. The van der Waals surface area contributed by atoms with Gasteiger partial charge in [0.25, 0.3) is 0 Å². The fourth-order valence-electron chi connectivity index (χ4n) is 4.12. The summed E-state index contributed by atoms with van der Waals surface area (Å²) < 4.78 is 0. The van der Waals surface area contributed by atoms with Crippen LogP contribution in [0.2, 0.25) is 0 Å². The van der Waals surface area contributed by atoms with Crippen molar-refractivity contribution in [1.29, 1.82) is 0 Å². The molecule has 3 nitrogen and oxygen atoms in total. The summed E-state index contributed by atoms with van der Waals surface area (Å²) in [4.78, 5) is 17.2. The first-order valence-corrected chi connectivity index (χ1v) is 9.42. The van der Waals surface area contributed by atoms with Crippen LogP contribution in [0.4, 0.5) is 5.69 Å². The van der Waals surface area contributed by atoms with Crippen LogP contribution in [-0.2, 0) is 6.54 Å². The SMILES string of the molecule is O=C1CC2=C(C=CCC2)c2ccc3cc(NCc4ccccn4)ccc3c21. The summed E-state index contributed by atoms with van der Waals surface area (Å²) in [6.07, 6.45) is 8.82. The smallest absolute Gasteiger partial charge is 0.168 e. The molecule has 0 unspecified atom stereocenters. The molecule has 0 spiro atoms. The van der Waals surface area contributed by atoms with Gasteiger partial charge in [-0.05, 0) is 59.0 Å². The number of carbonyl (C=O) groups excluding carboxylic acids is 1. The lowest BCUT2D eigenvalue weighted by Gasteiger charge is -2.24. The first kappa shape index (κ1) is 16.0. The fourth-order valence-corrected chi connectivity index (χ4v) is 4.12. The standard InChI is InChI=1S/C24H20N2O/c27-23-14-16-5-1-2-7-20(16)22-10-8-17-13-18(9-11-21(17)24(22)23)26-15-19-6-3-4-12-25-19/h2-4,6-13,26H,1,5,14-15H2. The van der Waals surface area contributed by atoms with Gasteiger partial charge in [-0.1, -0.05) is 42.0 Å². The topological polar surface area (TPSA) is 42.0 Å². The van der Waals surface area contributed by atoms with E-state index in [0.29, 0.717) is 13.0 Å². The summed E-state index contributed by atoms with van der Waals surface area (Å²) in [5.41, 5.74) is 6.57. The minimum atomic E-state index is 0.249. The number of anilines is 1. The molecule has 0 saturated carbocycles. The molecule has 0 saturated heterocycles. The van der Waals surface area contributed by atoms with Gasteiger partial charge in [-0.2, -0.15) is 0 Å². The number of nitrogens with zero attached hydrogens (tertiary/aromatic N) is 1. The Labute approximate surface area is 158 Å². The summed E-state index contributed by atoms with van der Waals surface area (Å²) >= 11 is 0. The number of ketones is 1. The lowest BCUT2D eigenvalue weighted by molar-refractivity contribution is 0.0992. The number of aromatic nitrogens is 1. The maximum Gasteiger partial charge on any atom is 0.168 e. The van der Waals surface area contributed by atoms with Crippen molar-refractivity contribution in [3.63, 3.8) is 0 Å². The number of nitrogens with one attached hydrogen (secondary N) is 1. The van der Waals surface area contributed by atoms with Crippen LogP contribution in [0.15, 0.2) is 72.5 Å². The van der Waals surface area contributed by atoms with Crippen LogP contribution in [0.5, 0.6) is 0 Å². The van der Waals surface area contributed by atoms with Gasteiger partial charge in [0.2, 0.25) is 0 Å². The van der Waals surface area contributed by atoms with Crippen molar-refractivity contribution in [2.24, 2.45) is 0 Å². The summed E-state index contributed by atoms with van der Waals surface area (Å²) in [7, 11) is 0. The first-order valence-electron chi connectivity index (χ1n) is 9.42. The number of carbonyl (C=O) groups is 1. The van der Waals surface area contributed by atoms with Crippen molar-refractivity contribution < 1.29 is 4.79 Å². The molecule has 5 rings (SSSR count). The molecule has 1 aromatic heterocycles. The number of pyridine rings is 1. The van der Waals surface area contributed by atoms with E-state index >= 15 is 0 Å². The molecule has 0 atom stereocenters. The van der Waals surface area contributed by atoms with Gasteiger partial charge < -0.3 is 5.32 Å². The van der Waals surface area contributed by atoms with Crippen LogP contribution in [0.3, 0.4) is 0 Å². The number of fused-ring (bicyclic) bond motifs is 4. The normalized spacial score (nSPS) is 15.6.